The number of carbonyl (C=O) groups excluding carboxylic acids is 2. The summed E-state index contributed by atoms with van der Waals surface area (Å²) in [6, 6.07) is 13.8. The van der Waals surface area contributed by atoms with Gasteiger partial charge in [0, 0.05) is 10.7 Å². The van der Waals surface area contributed by atoms with Gasteiger partial charge in [0.15, 0.2) is 5.69 Å². The maximum absolute atomic E-state index is 12.5. The lowest BCUT2D eigenvalue weighted by Crippen LogP contribution is -2.21. The first-order valence-electron chi connectivity index (χ1n) is 8.38. The van der Waals surface area contributed by atoms with E-state index in [9.17, 15) is 9.59 Å². The van der Waals surface area contributed by atoms with Gasteiger partial charge < -0.3 is 15.4 Å². The zero-order valence-corrected chi connectivity index (χ0v) is 16.0. The smallest absolute Gasteiger partial charge is 0.278 e. The molecule has 0 atom stereocenters. The molecule has 9 heteroatoms. The van der Waals surface area contributed by atoms with Crippen LogP contribution in [0.5, 0.6) is 5.75 Å². The fourth-order valence-corrected chi connectivity index (χ4v) is 2.74. The van der Waals surface area contributed by atoms with E-state index in [4.69, 9.17) is 16.3 Å². The number of ether oxygens (including phenoxy) is 1. The Kier molecular flexibility index (Phi) is 5.90. The number of anilines is 2. The van der Waals surface area contributed by atoms with Crippen LogP contribution >= 0.6 is 11.6 Å². The van der Waals surface area contributed by atoms with E-state index < -0.39 is 5.91 Å². The van der Waals surface area contributed by atoms with Crippen molar-refractivity contribution in [2.45, 2.75) is 13.5 Å². The molecule has 0 fully saturated rings. The summed E-state index contributed by atoms with van der Waals surface area (Å²) in [6.45, 7) is 1.58. The predicted molar refractivity (Wildman–Crippen MR) is 106 cm³/mol. The first-order valence-corrected chi connectivity index (χ1v) is 8.75. The van der Waals surface area contributed by atoms with Gasteiger partial charge in [-0.15, -0.1) is 5.10 Å². The third-order valence-corrected chi connectivity index (χ3v) is 4.19. The standard InChI is InChI=1S/C19H18ClN5O3/c1-12-18(19(27)22-15-8-3-4-9-16(15)28-2)23-24-25(12)11-17(26)21-14-7-5-6-13(20)10-14/h3-10H,11H2,1-2H3,(H,21,26)(H,22,27). The van der Waals surface area contributed by atoms with E-state index in [0.717, 1.165) is 0 Å². The van der Waals surface area contributed by atoms with Gasteiger partial charge in [0.2, 0.25) is 5.91 Å². The van der Waals surface area contributed by atoms with Crippen LogP contribution in [0.3, 0.4) is 0 Å². The molecule has 0 saturated heterocycles. The average molecular weight is 400 g/mol. The summed E-state index contributed by atoms with van der Waals surface area (Å²) < 4.78 is 6.58. The lowest BCUT2D eigenvalue weighted by Gasteiger charge is -2.09. The normalized spacial score (nSPS) is 10.4. The topological polar surface area (TPSA) is 98.1 Å². The lowest BCUT2D eigenvalue weighted by molar-refractivity contribution is -0.117. The second kappa shape index (κ2) is 8.53. The quantitative estimate of drug-likeness (QED) is 0.663. The molecule has 28 heavy (non-hydrogen) atoms. The van der Waals surface area contributed by atoms with Crippen molar-refractivity contribution in [3.63, 3.8) is 0 Å². The molecule has 3 aromatic rings. The van der Waals surface area contributed by atoms with Gasteiger partial charge in [0.25, 0.3) is 5.91 Å². The molecule has 0 aliphatic rings. The first-order chi connectivity index (χ1) is 13.5. The number of rotatable bonds is 6. The molecular weight excluding hydrogens is 382 g/mol. The number of amides is 2. The highest BCUT2D eigenvalue weighted by Crippen LogP contribution is 2.23. The van der Waals surface area contributed by atoms with Crippen LogP contribution < -0.4 is 15.4 Å². The number of halogens is 1. The van der Waals surface area contributed by atoms with E-state index in [1.54, 1.807) is 55.5 Å². The van der Waals surface area contributed by atoms with Crippen molar-refractivity contribution in [2.75, 3.05) is 17.7 Å². The minimum absolute atomic E-state index is 0.0900. The maximum Gasteiger partial charge on any atom is 0.278 e. The van der Waals surface area contributed by atoms with E-state index >= 15 is 0 Å². The fourth-order valence-electron chi connectivity index (χ4n) is 2.55. The molecule has 144 valence electrons. The molecule has 0 aliphatic heterocycles. The van der Waals surface area contributed by atoms with E-state index in [2.05, 4.69) is 20.9 Å². The minimum atomic E-state index is -0.441. The largest absolute Gasteiger partial charge is 0.495 e. The van der Waals surface area contributed by atoms with Gasteiger partial charge in [-0.3, -0.25) is 9.59 Å². The Hall–Kier alpha value is -3.39. The third-order valence-electron chi connectivity index (χ3n) is 3.95. The van der Waals surface area contributed by atoms with E-state index in [-0.39, 0.29) is 18.1 Å². The zero-order chi connectivity index (χ0) is 20.1. The number of nitrogens with one attached hydrogen (secondary N) is 2. The third kappa shape index (κ3) is 4.47. The van der Waals surface area contributed by atoms with Crippen LogP contribution in [0.25, 0.3) is 0 Å². The van der Waals surface area contributed by atoms with Crippen LogP contribution in [0.15, 0.2) is 48.5 Å². The van der Waals surface area contributed by atoms with Crippen LogP contribution in [0, 0.1) is 6.92 Å². The number of hydrogen-bond donors (Lipinski definition) is 2. The molecule has 2 amide bonds. The summed E-state index contributed by atoms with van der Waals surface area (Å²) in [5.41, 5.74) is 1.68. The minimum Gasteiger partial charge on any atom is -0.495 e. The number of carbonyl (C=O) groups is 2. The highest BCUT2D eigenvalue weighted by atomic mass is 35.5. The summed E-state index contributed by atoms with van der Waals surface area (Å²) in [6.07, 6.45) is 0. The molecule has 1 heterocycles. The Balaban J connectivity index is 1.69. The van der Waals surface area contributed by atoms with Gasteiger partial charge >= 0.3 is 0 Å². The molecule has 1 aromatic heterocycles. The van der Waals surface area contributed by atoms with Crippen LogP contribution in [-0.4, -0.2) is 33.9 Å². The second-order valence-corrected chi connectivity index (χ2v) is 6.33. The van der Waals surface area contributed by atoms with Crippen molar-refractivity contribution in [2.24, 2.45) is 0 Å². The summed E-state index contributed by atoms with van der Waals surface area (Å²) in [7, 11) is 1.52. The van der Waals surface area contributed by atoms with Crippen LogP contribution in [0.4, 0.5) is 11.4 Å². The predicted octanol–water partition coefficient (Wildman–Crippen LogP) is 3.14. The van der Waals surface area contributed by atoms with Gasteiger partial charge in [-0.1, -0.05) is 35.0 Å². The Bertz CT molecular complexity index is 1020. The molecule has 3 rings (SSSR count). The first kappa shape index (κ1) is 19.4. The molecule has 8 nitrogen and oxygen atoms in total. The van der Waals surface area contributed by atoms with Gasteiger partial charge in [0.05, 0.1) is 18.5 Å². The number of nitrogens with zero attached hydrogens (tertiary/aromatic N) is 3. The molecule has 0 bridgehead atoms. The maximum atomic E-state index is 12.5. The average Bonchev–Trinajstić information content (AvgIpc) is 3.02. The number of aromatic nitrogens is 3. The van der Waals surface area contributed by atoms with Gasteiger partial charge in [-0.2, -0.15) is 0 Å². The van der Waals surface area contributed by atoms with Crippen molar-refractivity contribution in [1.29, 1.82) is 0 Å². The van der Waals surface area contributed by atoms with Crippen molar-refractivity contribution in [3.8, 4) is 5.75 Å². The Morgan fingerprint density at radius 2 is 1.93 bits per heavy atom. The van der Waals surface area contributed by atoms with Crippen molar-refractivity contribution < 1.29 is 14.3 Å². The second-order valence-electron chi connectivity index (χ2n) is 5.89. The number of hydrogen-bond acceptors (Lipinski definition) is 5. The highest BCUT2D eigenvalue weighted by molar-refractivity contribution is 6.30. The Labute approximate surface area is 166 Å². The molecule has 0 spiro atoms. The van der Waals surface area contributed by atoms with Gasteiger partial charge in [-0.05, 0) is 37.3 Å². The van der Waals surface area contributed by atoms with Crippen LogP contribution in [-0.2, 0) is 11.3 Å². The molecule has 0 radical (unpaired) electrons. The zero-order valence-electron chi connectivity index (χ0n) is 15.3. The number of benzene rings is 2. The van der Waals surface area contributed by atoms with Gasteiger partial charge in [-0.25, -0.2) is 4.68 Å². The summed E-state index contributed by atoms with van der Waals surface area (Å²) in [5, 5.41) is 13.8. The van der Waals surface area contributed by atoms with Crippen molar-refractivity contribution >= 4 is 34.8 Å². The molecule has 2 N–H and O–H groups in total. The molecular formula is C19H18ClN5O3. The molecule has 2 aromatic carbocycles. The lowest BCUT2D eigenvalue weighted by atomic mass is 10.2. The Morgan fingerprint density at radius 3 is 2.68 bits per heavy atom. The van der Waals surface area contributed by atoms with E-state index in [1.165, 1.54) is 11.8 Å². The van der Waals surface area contributed by atoms with Crippen LogP contribution in [0.1, 0.15) is 16.2 Å². The van der Waals surface area contributed by atoms with E-state index in [0.29, 0.717) is 27.8 Å². The van der Waals surface area contributed by atoms with Gasteiger partial charge in [0.1, 0.15) is 12.3 Å². The molecule has 0 saturated carbocycles. The number of para-hydroxylation sites is 2. The SMILES string of the molecule is COc1ccccc1NC(=O)c1nnn(CC(=O)Nc2cccc(Cl)c2)c1C. The molecule has 0 aliphatic carbocycles. The molecule has 0 unspecified atom stereocenters. The highest BCUT2D eigenvalue weighted by Gasteiger charge is 2.19. The van der Waals surface area contributed by atoms with Crippen molar-refractivity contribution in [3.05, 3.63) is 64.9 Å². The van der Waals surface area contributed by atoms with E-state index in [1.807, 2.05) is 0 Å². The summed E-state index contributed by atoms with van der Waals surface area (Å²) in [4.78, 5) is 24.8. The Morgan fingerprint density at radius 1 is 1.14 bits per heavy atom. The summed E-state index contributed by atoms with van der Waals surface area (Å²) >= 11 is 5.91. The van der Waals surface area contributed by atoms with Crippen molar-refractivity contribution in [1.82, 2.24) is 15.0 Å². The monoisotopic (exact) mass is 399 g/mol. The summed E-state index contributed by atoms with van der Waals surface area (Å²) in [5.74, 6) is -0.225. The van der Waals surface area contributed by atoms with Crippen LogP contribution in [0.2, 0.25) is 5.02 Å². The number of methoxy groups -OCH3 is 1. The fraction of sp³-hybridized carbons (Fsp3) is 0.158.